The summed E-state index contributed by atoms with van der Waals surface area (Å²) in [5.41, 5.74) is 2.06. The summed E-state index contributed by atoms with van der Waals surface area (Å²) in [7, 11) is 1.88. The van der Waals surface area contributed by atoms with Gasteiger partial charge in [-0.2, -0.15) is 0 Å². The van der Waals surface area contributed by atoms with E-state index in [1.165, 1.54) is 0 Å². The Hall–Kier alpha value is -1.22. The number of anilines is 1. The summed E-state index contributed by atoms with van der Waals surface area (Å²) in [6, 6.07) is 5.59. The molecule has 88 valence electrons. The Bertz CT molecular complexity index is 393. The van der Waals surface area contributed by atoms with E-state index in [1.807, 2.05) is 37.1 Å². The second-order valence-corrected chi connectivity index (χ2v) is 4.49. The van der Waals surface area contributed by atoms with Crippen molar-refractivity contribution in [2.24, 2.45) is 5.92 Å². The maximum atomic E-state index is 10.8. The van der Waals surface area contributed by atoms with Crippen molar-refractivity contribution in [3.05, 3.63) is 28.8 Å². The van der Waals surface area contributed by atoms with E-state index in [-0.39, 0.29) is 5.92 Å². The van der Waals surface area contributed by atoms with Crippen LogP contribution in [0.2, 0.25) is 5.02 Å². The molecule has 0 amide bonds. The van der Waals surface area contributed by atoms with Gasteiger partial charge in [0.1, 0.15) is 0 Å². The van der Waals surface area contributed by atoms with E-state index >= 15 is 0 Å². The molecule has 0 aliphatic carbocycles. The van der Waals surface area contributed by atoms with Gasteiger partial charge in [0.25, 0.3) is 0 Å². The molecule has 0 bridgehead atoms. The SMILES string of the molecule is Cc1cc(Cl)ccc1N(C)CC(C)C(=O)O. The van der Waals surface area contributed by atoms with Gasteiger partial charge in [-0.3, -0.25) is 4.79 Å². The Balaban J connectivity index is 2.80. The van der Waals surface area contributed by atoms with Crippen LogP contribution in [0.1, 0.15) is 12.5 Å². The van der Waals surface area contributed by atoms with Crippen LogP contribution in [-0.4, -0.2) is 24.7 Å². The van der Waals surface area contributed by atoms with Crippen molar-refractivity contribution in [2.45, 2.75) is 13.8 Å². The minimum absolute atomic E-state index is 0.389. The molecule has 1 aromatic rings. The third-order valence-corrected chi connectivity index (χ3v) is 2.77. The summed E-state index contributed by atoms with van der Waals surface area (Å²) < 4.78 is 0. The predicted octanol–water partition coefficient (Wildman–Crippen LogP) is 2.81. The molecule has 3 nitrogen and oxygen atoms in total. The van der Waals surface area contributed by atoms with Crippen LogP contribution in [-0.2, 0) is 4.79 Å². The summed E-state index contributed by atoms with van der Waals surface area (Å²) in [6.07, 6.45) is 0. The molecule has 1 atom stereocenters. The second kappa shape index (κ2) is 5.21. The average molecular weight is 242 g/mol. The molecule has 0 aliphatic rings. The van der Waals surface area contributed by atoms with E-state index in [9.17, 15) is 4.79 Å². The standard InChI is InChI=1S/C12H16ClNO2/c1-8-6-10(13)4-5-11(8)14(3)7-9(2)12(15)16/h4-6,9H,7H2,1-3H3,(H,15,16). The molecular formula is C12H16ClNO2. The van der Waals surface area contributed by atoms with Gasteiger partial charge in [0.2, 0.25) is 0 Å². The topological polar surface area (TPSA) is 40.5 Å². The number of carboxylic acids is 1. The molecule has 0 spiro atoms. The van der Waals surface area contributed by atoms with Gasteiger partial charge in [-0.05, 0) is 30.7 Å². The number of hydrogen-bond donors (Lipinski definition) is 1. The fourth-order valence-corrected chi connectivity index (χ4v) is 1.86. The fraction of sp³-hybridized carbons (Fsp3) is 0.417. The lowest BCUT2D eigenvalue weighted by Crippen LogP contribution is -2.28. The van der Waals surface area contributed by atoms with E-state index in [2.05, 4.69) is 0 Å². The summed E-state index contributed by atoms with van der Waals surface area (Å²) in [6.45, 7) is 4.14. The first-order valence-electron chi connectivity index (χ1n) is 5.12. The number of halogens is 1. The number of aliphatic carboxylic acids is 1. The number of benzene rings is 1. The highest BCUT2D eigenvalue weighted by molar-refractivity contribution is 6.30. The van der Waals surface area contributed by atoms with E-state index in [0.717, 1.165) is 11.3 Å². The van der Waals surface area contributed by atoms with Gasteiger partial charge in [0.05, 0.1) is 5.92 Å². The van der Waals surface area contributed by atoms with Crippen molar-refractivity contribution < 1.29 is 9.90 Å². The average Bonchev–Trinajstić information content (AvgIpc) is 2.16. The molecule has 0 radical (unpaired) electrons. The quantitative estimate of drug-likeness (QED) is 0.881. The van der Waals surface area contributed by atoms with Gasteiger partial charge in [-0.1, -0.05) is 18.5 Å². The van der Waals surface area contributed by atoms with Crippen molar-refractivity contribution >= 4 is 23.3 Å². The molecule has 0 fully saturated rings. The van der Waals surface area contributed by atoms with E-state index in [4.69, 9.17) is 16.7 Å². The van der Waals surface area contributed by atoms with Crippen LogP contribution in [0.5, 0.6) is 0 Å². The van der Waals surface area contributed by atoms with Crippen molar-refractivity contribution in [2.75, 3.05) is 18.5 Å². The molecule has 16 heavy (non-hydrogen) atoms. The fourth-order valence-electron chi connectivity index (χ4n) is 1.63. The highest BCUT2D eigenvalue weighted by atomic mass is 35.5. The minimum Gasteiger partial charge on any atom is -0.481 e. The Morgan fingerprint density at radius 2 is 2.19 bits per heavy atom. The third-order valence-electron chi connectivity index (χ3n) is 2.54. The molecule has 0 heterocycles. The van der Waals surface area contributed by atoms with Gasteiger partial charge in [0, 0.05) is 24.3 Å². The number of nitrogens with zero attached hydrogens (tertiary/aromatic N) is 1. The Labute approximate surface area is 101 Å². The van der Waals surface area contributed by atoms with Crippen LogP contribution < -0.4 is 4.90 Å². The number of aryl methyl sites for hydroxylation is 1. The molecule has 0 aromatic heterocycles. The predicted molar refractivity (Wildman–Crippen MR) is 66.3 cm³/mol. The van der Waals surface area contributed by atoms with Gasteiger partial charge in [-0.15, -0.1) is 0 Å². The summed E-state index contributed by atoms with van der Waals surface area (Å²) >= 11 is 5.87. The zero-order valence-corrected chi connectivity index (χ0v) is 10.5. The monoisotopic (exact) mass is 241 g/mol. The molecule has 0 aliphatic heterocycles. The van der Waals surface area contributed by atoms with Crippen LogP contribution in [0.3, 0.4) is 0 Å². The lowest BCUT2D eigenvalue weighted by Gasteiger charge is -2.23. The van der Waals surface area contributed by atoms with E-state index < -0.39 is 5.97 Å². The minimum atomic E-state index is -0.779. The zero-order chi connectivity index (χ0) is 12.3. The van der Waals surface area contributed by atoms with Gasteiger partial charge >= 0.3 is 5.97 Å². The molecule has 1 unspecified atom stereocenters. The number of hydrogen-bond acceptors (Lipinski definition) is 2. The Morgan fingerprint density at radius 1 is 1.56 bits per heavy atom. The molecular weight excluding hydrogens is 226 g/mol. The van der Waals surface area contributed by atoms with E-state index in [1.54, 1.807) is 6.92 Å². The van der Waals surface area contributed by atoms with Crippen molar-refractivity contribution in [3.63, 3.8) is 0 Å². The van der Waals surface area contributed by atoms with Crippen LogP contribution >= 0.6 is 11.6 Å². The van der Waals surface area contributed by atoms with Gasteiger partial charge in [-0.25, -0.2) is 0 Å². The smallest absolute Gasteiger partial charge is 0.308 e. The summed E-state index contributed by atoms with van der Waals surface area (Å²) in [4.78, 5) is 12.7. The third kappa shape index (κ3) is 3.14. The number of rotatable bonds is 4. The summed E-state index contributed by atoms with van der Waals surface area (Å²) in [5.74, 6) is -1.17. The molecule has 1 rings (SSSR count). The molecule has 1 aromatic carbocycles. The van der Waals surface area contributed by atoms with Crippen LogP contribution in [0.4, 0.5) is 5.69 Å². The molecule has 1 N–H and O–H groups in total. The van der Waals surface area contributed by atoms with Crippen molar-refractivity contribution in [3.8, 4) is 0 Å². The lowest BCUT2D eigenvalue weighted by atomic mass is 10.1. The molecule has 4 heteroatoms. The maximum Gasteiger partial charge on any atom is 0.308 e. The Morgan fingerprint density at radius 3 is 2.69 bits per heavy atom. The molecule has 0 saturated carbocycles. The lowest BCUT2D eigenvalue weighted by molar-refractivity contribution is -0.140. The van der Waals surface area contributed by atoms with Crippen LogP contribution in [0.15, 0.2) is 18.2 Å². The maximum absolute atomic E-state index is 10.8. The number of carboxylic acid groups (broad SMARTS) is 1. The first-order valence-corrected chi connectivity index (χ1v) is 5.49. The Kier molecular flexibility index (Phi) is 4.19. The van der Waals surface area contributed by atoms with Crippen molar-refractivity contribution in [1.29, 1.82) is 0 Å². The normalized spacial score (nSPS) is 12.2. The highest BCUT2D eigenvalue weighted by Crippen LogP contribution is 2.23. The van der Waals surface area contributed by atoms with Gasteiger partial charge in [0.15, 0.2) is 0 Å². The molecule has 0 saturated heterocycles. The second-order valence-electron chi connectivity index (χ2n) is 4.05. The highest BCUT2D eigenvalue weighted by Gasteiger charge is 2.14. The zero-order valence-electron chi connectivity index (χ0n) is 9.70. The van der Waals surface area contributed by atoms with Crippen LogP contribution in [0, 0.1) is 12.8 Å². The first-order chi connectivity index (χ1) is 7.41. The summed E-state index contributed by atoms with van der Waals surface area (Å²) in [5, 5.41) is 9.54. The van der Waals surface area contributed by atoms with Gasteiger partial charge < -0.3 is 10.0 Å². The first kappa shape index (κ1) is 12.8. The largest absolute Gasteiger partial charge is 0.481 e. The number of carbonyl (C=O) groups is 1. The van der Waals surface area contributed by atoms with Crippen molar-refractivity contribution in [1.82, 2.24) is 0 Å². The van der Waals surface area contributed by atoms with E-state index in [0.29, 0.717) is 11.6 Å². The van der Waals surface area contributed by atoms with Crippen LogP contribution in [0.25, 0.3) is 0 Å².